The van der Waals surface area contributed by atoms with Crippen molar-refractivity contribution in [3.63, 3.8) is 0 Å². The van der Waals surface area contributed by atoms with E-state index in [1.807, 2.05) is 37.3 Å². The van der Waals surface area contributed by atoms with Crippen molar-refractivity contribution in [3.05, 3.63) is 54.1 Å². The second-order valence-corrected chi connectivity index (χ2v) is 9.88. The summed E-state index contributed by atoms with van der Waals surface area (Å²) in [6, 6.07) is 17.0. The van der Waals surface area contributed by atoms with Gasteiger partial charge in [-0.05, 0) is 67.9 Å². The van der Waals surface area contributed by atoms with Gasteiger partial charge in [-0.15, -0.1) is 0 Å². The molecule has 2 aliphatic carbocycles. The molecular weight excluding hydrogens is 408 g/mol. The number of hydrogen-bond acceptors (Lipinski definition) is 5. The SMILES string of the molecule is CCC1(C(=O)O)CC1CN(CCc1ccc(Oc2nc3ccccc3s2)cc1)C1CC1. The monoisotopic (exact) mass is 436 g/mol. The minimum Gasteiger partial charge on any atom is -0.481 e. The first-order valence-corrected chi connectivity index (χ1v) is 12.0. The van der Waals surface area contributed by atoms with Crippen molar-refractivity contribution in [1.29, 1.82) is 0 Å². The normalized spacial score (nSPS) is 22.7. The molecule has 5 rings (SSSR count). The third kappa shape index (κ3) is 4.32. The molecular formula is C25H28N2O3S. The van der Waals surface area contributed by atoms with Crippen LogP contribution in [0.15, 0.2) is 48.5 Å². The summed E-state index contributed by atoms with van der Waals surface area (Å²) in [5.74, 6) is 0.494. The van der Waals surface area contributed by atoms with Gasteiger partial charge in [-0.25, -0.2) is 4.98 Å². The van der Waals surface area contributed by atoms with Gasteiger partial charge in [-0.3, -0.25) is 9.69 Å². The lowest BCUT2D eigenvalue weighted by Gasteiger charge is -2.23. The molecule has 6 heteroatoms. The average Bonchev–Trinajstić information content (AvgIpc) is 3.68. The van der Waals surface area contributed by atoms with Gasteiger partial charge < -0.3 is 9.84 Å². The van der Waals surface area contributed by atoms with Crippen LogP contribution in [0.5, 0.6) is 10.9 Å². The zero-order valence-electron chi connectivity index (χ0n) is 17.8. The van der Waals surface area contributed by atoms with E-state index in [4.69, 9.17) is 4.74 Å². The smallest absolute Gasteiger partial charge is 0.309 e. The first-order valence-electron chi connectivity index (χ1n) is 11.2. The fraction of sp³-hybridized carbons (Fsp3) is 0.440. The fourth-order valence-electron chi connectivity index (χ4n) is 4.60. The minimum absolute atomic E-state index is 0.306. The highest BCUT2D eigenvalue weighted by Crippen LogP contribution is 2.56. The maximum absolute atomic E-state index is 11.7. The molecule has 1 N–H and O–H groups in total. The van der Waals surface area contributed by atoms with E-state index in [-0.39, 0.29) is 0 Å². The quantitative estimate of drug-likeness (QED) is 0.448. The number of carboxylic acid groups (broad SMARTS) is 1. The van der Waals surface area contributed by atoms with Gasteiger partial charge in [0.2, 0.25) is 0 Å². The Balaban J connectivity index is 1.17. The van der Waals surface area contributed by atoms with Gasteiger partial charge in [0.1, 0.15) is 5.75 Å². The lowest BCUT2D eigenvalue weighted by atomic mass is 10.0. The Bertz CT molecular complexity index is 1040. The summed E-state index contributed by atoms with van der Waals surface area (Å²) >= 11 is 1.55. The van der Waals surface area contributed by atoms with Gasteiger partial charge in [0.15, 0.2) is 0 Å². The number of nitrogens with zero attached hydrogens (tertiary/aromatic N) is 2. The zero-order valence-corrected chi connectivity index (χ0v) is 18.6. The summed E-state index contributed by atoms with van der Waals surface area (Å²) in [6.45, 7) is 3.91. The lowest BCUT2D eigenvalue weighted by Crippen LogP contribution is -2.32. The molecule has 1 aromatic heterocycles. The minimum atomic E-state index is -0.612. The molecule has 1 heterocycles. The first kappa shape index (κ1) is 20.5. The third-order valence-corrected chi connectivity index (χ3v) is 7.81. The van der Waals surface area contributed by atoms with Crippen molar-refractivity contribution in [2.75, 3.05) is 13.1 Å². The summed E-state index contributed by atoms with van der Waals surface area (Å²) in [5, 5.41) is 10.3. The molecule has 2 aromatic carbocycles. The molecule has 0 saturated heterocycles. The van der Waals surface area contributed by atoms with Crippen molar-refractivity contribution in [1.82, 2.24) is 9.88 Å². The van der Waals surface area contributed by atoms with Crippen molar-refractivity contribution >= 4 is 27.5 Å². The molecule has 0 amide bonds. The molecule has 0 spiro atoms. The van der Waals surface area contributed by atoms with Gasteiger partial charge in [0, 0.05) is 19.1 Å². The third-order valence-electron chi connectivity index (χ3n) is 6.90. The van der Waals surface area contributed by atoms with Crippen LogP contribution in [0, 0.1) is 11.3 Å². The number of aromatic nitrogens is 1. The molecule has 2 saturated carbocycles. The number of rotatable bonds is 10. The predicted octanol–water partition coefficient (Wildman–Crippen LogP) is 5.60. The first-order chi connectivity index (χ1) is 15.1. The van der Waals surface area contributed by atoms with Crippen LogP contribution in [0.1, 0.15) is 38.2 Å². The van der Waals surface area contributed by atoms with Gasteiger partial charge in [0.05, 0.1) is 15.6 Å². The number of fused-ring (bicyclic) bond motifs is 1. The molecule has 0 radical (unpaired) electrons. The molecule has 2 atom stereocenters. The fourth-order valence-corrected chi connectivity index (χ4v) is 5.44. The van der Waals surface area contributed by atoms with Crippen LogP contribution in [-0.4, -0.2) is 40.1 Å². The number of ether oxygens (including phenoxy) is 1. The van der Waals surface area contributed by atoms with E-state index in [1.165, 1.54) is 18.4 Å². The van der Waals surface area contributed by atoms with Crippen LogP contribution in [0.3, 0.4) is 0 Å². The van der Waals surface area contributed by atoms with E-state index in [0.29, 0.717) is 17.2 Å². The molecule has 162 valence electrons. The average molecular weight is 437 g/mol. The molecule has 31 heavy (non-hydrogen) atoms. The van der Waals surface area contributed by atoms with Crippen molar-refractivity contribution in [3.8, 4) is 10.9 Å². The number of thiazole rings is 1. The molecule has 0 bridgehead atoms. The summed E-state index contributed by atoms with van der Waals surface area (Å²) in [4.78, 5) is 18.7. The van der Waals surface area contributed by atoms with Crippen LogP contribution in [0.2, 0.25) is 0 Å². The van der Waals surface area contributed by atoms with E-state index < -0.39 is 11.4 Å². The van der Waals surface area contributed by atoms with Crippen LogP contribution in [0.25, 0.3) is 10.2 Å². The summed E-state index contributed by atoms with van der Waals surface area (Å²) < 4.78 is 7.08. The standard InChI is InChI=1S/C25H28N2O3S/c1-2-25(23(28)29)15-18(25)16-27(19-9-10-19)14-13-17-7-11-20(12-8-17)30-24-26-21-5-3-4-6-22(21)31-24/h3-8,11-12,18-19H,2,9-10,13-16H2,1H3,(H,28,29). The Kier molecular flexibility index (Phi) is 5.44. The van der Waals surface area contributed by atoms with Crippen LogP contribution < -0.4 is 4.74 Å². The topological polar surface area (TPSA) is 62.7 Å². The van der Waals surface area contributed by atoms with Gasteiger partial charge in [-0.2, -0.15) is 0 Å². The summed E-state index contributed by atoms with van der Waals surface area (Å²) in [5.41, 5.74) is 1.77. The van der Waals surface area contributed by atoms with Gasteiger partial charge in [-0.1, -0.05) is 42.5 Å². The highest BCUT2D eigenvalue weighted by molar-refractivity contribution is 7.20. The van der Waals surface area contributed by atoms with Crippen LogP contribution >= 0.6 is 11.3 Å². The second-order valence-electron chi connectivity index (χ2n) is 8.89. The Morgan fingerprint density at radius 3 is 2.65 bits per heavy atom. The molecule has 5 nitrogen and oxygen atoms in total. The number of para-hydroxylation sites is 1. The summed E-state index contributed by atoms with van der Waals surface area (Å²) in [7, 11) is 0. The van der Waals surface area contributed by atoms with E-state index >= 15 is 0 Å². The van der Waals surface area contributed by atoms with Crippen molar-refractivity contribution in [2.24, 2.45) is 11.3 Å². The van der Waals surface area contributed by atoms with Crippen molar-refractivity contribution < 1.29 is 14.6 Å². The summed E-state index contributed by atoms with van der Waals surface area (Å²) in [6.07, 6.45) is 5.03. The lowest BCUT2D eigenvalue weighted by molar-refractivity contribution is -0.144. The molecule has 2 unspecified atom stereocenters. The maximum atomic E-state index is 11.7. The highest BCUT2D eigenvalue weighted by Gasteiger charge is 2.59. The largest absolute Gasteiger partial charge is 0.481 e. The molecule has 0 aliphatic heterocycles. The van der Waals surface area contributed by atoms with E-state index in [2.05, 4.69) is 28.1 Å². The molecule has 2 fully saturated rings. The Hall–Kier alpha value is -2.44. The van der Waals surface area contributed by atoms with Crippen molar-refractivity contribution in [2.45, 2.75) is 45.1 Å². The molecule has 3 aromatic rings. The van der Waals surface area contributed by atoms with E-state index in [1.54, 1.807) is 11.3 Å². The number of aliphatic carboxylic acids is 1. The number of carboxylic acids is 1. The van der Waals surface area contributed by atoms with Gasteiger partial charge >= 0.3 is 5.97 Å². The van der Waals surface area contributed by atoms with Gasteiger partial charge in [0.25, 0.3) is 5.19 Å². The Morgan fingerprint density at radius 1 is 1.23 bits per heavy atom. The van der Waals surface area contributed by atoms with E-state index in [0.717, 1.165) is 48.3 Å². The van der Waals surface area contributed by atoms with Crippen LogP contribution in [-0.2, 0) is 11.2 Å². The number of benzene rings is 2. The molecule has 2 aliphatic rings. The van der Waals surface area contributed by atoms with E-state index in [9.17, 15) is 9.90 Å². The Morgan fingerprint density at radius 2 is 2.00 bits per heavy atom. The number of hydrogen-bond donors (Lipinski definition) is 1. The maximum Gasteiger partial charge on any atom is 0.309 e. The number of carbonyl (C=O) groups is 1. The second kappa shape index (κ2) is 8.24. The highest BCUT2D eigenvalue weighted by atomic mass is 32.1. The van der Waals surface area contributed by atoms with Crippen LogP contribution in [0.4, 0.5) is 0 Å². The Labute approximate surface area is 186 Å². The predicted molar refractivity (Wildman–Crippen MR) is 123 cm³/mol. The zero-order chi connectivity index (χ0) is 21.4.